The average Bonchev–Trinajstić information content (AvgIpc) is 3.10. The van der Waals surface area contributed by atoms with E-state index in [9.17, 15) is 0 Å². The zero-order valence-electron chi connectivity index (χ0n) is 8.85. The molecule has 0 radical (unpaired) electrons. The highest BCUT2D eigenvalue weighted by atomic mass is 16.3. The van der Waals surface area contributed by atoms with Crippen LogP contribution < -0.4 is 10.2 Å². The fourth-order valence-corrected chi connectivity index (χ4v) is 1.62. The van der Waals surface area contributed by atoms with Crippen LogP contribution in [-0.4, -0.2) is 41.3 Å². The van der Waals surface area contributed by atoms with Gasteiger partial charge in [-0.05, 0) is 12.8 Å². The lowest BCUT2D eigenvalue weighted by molar-refractivity contribution is 0.301. The molecule has 0 amide bonds. The van der Waals surface area contributed by atoms with Crippen LogP contribution in [-0.2, 0) is 0 Å². The topological polar surface area (TPSA) is 61.3 Å². The van der Waals surface area contributed by atoms with Gasteiger partial charge in [0.05, 0.1) is 6.61 Å². The van der Waals surface area contributed by atoms with Crippen molar-refractivity contribution < 1.29 is 5.11 Å². The predicted molar refractivity (Wildman–Crippen MR) is 59.0 cm³/mol. The molecule has 82 valence electrons. The normalized spacial score (nSPS) is 15.1. The van der Waals surface area contributed by atoms with Gasteiger partial charge in [-0.1, -0.05) is 0 Å². The van der Waals surface area contributed by atoms with Crippen LogP contribution in [0, 0.1) is 0 Å². The summed E-state index contributed by atoms with van der Waals surface area (Å²) in [5.41, 5.74) is 0. The van der Waals surface area contributed by atoms with Gasteiger partial charge in [0.2, 0.25) is 0 Å². The van der Waals surface area contributed by atoms with E-state index in [1.807, 2.05) is 13.1 Å². The van der Waals surface area contributed by atoms with Gasteiger partial charge in [0, 0.05) is 25.7 Å². The highest BCUT2D eigenvalue weighted by Gasteiger charge is 2.29. The van der Waals surface area contributed by atoms with E-state index in [2.05, 4.69) is 20.2 Å². The summed E-state index contributed by atoms with van der Waals surface area (Å²) in [4.78, 5) is 10.4. The van der Waals surface area contributed by atoms with Crippen LogP contribution in [0.3, 0.4) is 0 Å². The zero-order valence-corrected chi connectivity index (χ0v) is 8.85. The van der Waals surface area contributed by atoms with Gasteiger partial charge >= 0.3 is 0 Å². The van der Waals surface area contributed by atoms with Crippen LogP contribution in [0.1, 0.15) is 12.8 Å². The molecule has 5 nitrogen and oxygen atoms in total. The van der Waals surface area contributed by atoms with Crippen molar-refractivity contribution in [3.8, 4) is 0 Å². The SMILES string of the molecule is CNc1cc(N(CCO)C2CC2)ncn1. The van der Waals surface area contributed by atoms with Crippen molar-refractivity contribution in [1.29, 1.82) is 0 Å². The second kappa shape index (κ2) is 4.44. The van der Waals surface area contributed by atoms with Crippen molar-refractivity contribution in [2.45, 2.75) is 18.9 Å². The largest absolute Gasteiger partial charge is 0.395 e. The minimum Gasteiger partial charge on any atom is -0.395 e. The van der Waals surface area contributed by atoms with Crippen LogP contribution in [0.15, 0.2) is 12.4 Å². The van der Waals surface area contributed by atoms with Gasteiger partial charge in [0.1, 0.15) is 18.0 Å². The predicted octanol–water partition coefficient (Wildman–Crippen LogP) is 0.479. The molecule has 1 aromatic heterocycles. The zero-order chi connectivity index (χ0) is 10.7. The molecule has 0 spiro atoms. The number of anilines is 2. The number of hydrogen-bond donors (Lipinski definition) is 2. The quantitative estimate of drug-likeness (QED) is 0.737. The van der Waals surface area contributed by atoms with Crippen molar-refractivity contribution in [2.24, 2.45) is 0 Å². The lowest BCUT2D eigenvalue weighted by atomic mass is 10.4. The van der Waals surface area contributed by atoms with E-state index in [1.165, 1.54) is 12.8 Å². The summed E-state index contributed by atoms with van der Waals surface area (Å²) in [7, 11) is 1.83. The molecule has 2 rings (SSSR count). The summed E-state index contributed by atoms with van der Waals surface area (Å²) in [6.45, 7) is 0.806. The van der Waals surface area contributed by atoms with Crippen LogP contribution in [0.25, 0.3) is 0 Å². The highest BCUT2D eigenvalue weighted by molar-refractivity contribution is 5.49. The Bertz CT molecular complexity index is 327. The van der Waals surface area contributed by atoms with Crippen molar-refractivity contribution in [3.05, 3.63) is 12.4 Å². The van der Waals surface area contributed by atoms with Crippen molar-refractivity contribution in [3.63, 3.8) is 0 Å². The second-order valence-electron chi connectivity index (χ2n) is 3.66. The number of hydrogen-bond acceptors (Lipinski definition) is 5. The molecule has 1 aromatic rings. The van der Waals surface area contributed by atoms with Gasteiger partial charge in [-0.25, -0.2) is 9.97 Å². The minimum atomic E-state index is 0.162. The van der Waals surface area contributed by atoms with Crippen molar-refractivity contribution in [2.75, 3.05) is 30.4 Å². The molecule has 0 unspecified atom stereocenters. The Hall–Kier alpha value is -1.36. The van der Waals surface area contributed by atoms with Crippen LogP contribution >= 0.6 is 0 Å². The Morgan fingerprint density at radius 1 is 1.53 bits per heavy atom. The second-order valence-corrected chi connectivity index (χ2v) is 3.66. The first-order chi connectivity index (χ1) is 7.35. The van der Waals surface area contributed by atoms with Crippen LogP contribution in [0.2, 0.25) is 0 Å². The Morgan fingerprint density at radius 2 is 2.33 bits per heavy atom. The number of nitrogens with one attached hydrogen (secondary N) is 1. The van der Waals surface area contributed by atoms with E-state index in [1.54, 1.807) is 6.33 Å². The minimum absolute atomic E-state index is 0.162. The van der Waals surface area contributed by atoms with Gasteiger partial charge < -0.3 is 15.3 Å². The molecule has 0 bridgehead atoms. The fourth-order valence-electron chi connectivity index (χ4n) is 1.62. The molecule has 1 fully saturated rings. The molecule has 15 heavy (non-hydrogen) atoms. The maximum absolute atomic E-state index is 9.00. The van der Waals surface area contributed by atoms with E-state index in [0.29, 0.717) is 12.6 Å². The van der Waals surface area contributed by atoms with E-state index < -0.39 is 0 Å². The first-order valence-corrected chi connectivity index (χ1v) is 5.22. The first kappa shape index (κ1) is 10.2. The third-order valence-electron chi connectivity index (χ3n) is 2.53. The van der Waals surface area contributed by atoms with E-state index in [-0.39, 0.29) is 6.61 Å². The Labute approximate surface area is 89.2 Å². The Balaban J connectivity index is 2.16. The maximum Gasteiger partial charge on any atom is 0.134 e. The Morgan fingerprint density at radius 3 is 2.93 bits per heavy atom. The molecular formula is C10H16N4O. The number of aromatic nitrogens is 2. The molecule has 0 atom stereocenters. The number of aliphatic hydroxyl groups is 1. The third kappa shape index (κ3) is 2.36. The number of nitrogens with zero attached hydrogens (tertiary/aromatic N) is 3. The summed E-state index contributed by atoms with van der Waals surface area (Å²) in [6, 6.07) is 2.46. The number of rotatable bonds is 5. The lowest BCUT2D eigenvalue weighted by Crippen LogP contribution is -2.29. The average molecular weight is 208 g/mol. The summed E-state index contributed by atoms with van der Waals surface area (Å²) >= 11 is 0. The van der Waals surface area contributed by atoms with Crippen molar-refractivity contribution in [1.82, 2.24) is 9.97 Å². The van der Waals surface area contributed by atoms with E-state index in [0.717, 1.165) is 11.6 Å². The van der Waals surface area contributed by atoms with Gasteiger partial charge in [0.15, 0.2) is 0 Å². The summed E-state index contributed by atoms with van der Waals surface area (Å²) in [6.07, 6.45) is 3.94. The molecule has 1 saturated carbocycles. The lowest BCUT2D eigenvalue weighted by Gasteiger charge is -2.22. The number of aliphatic hydroxyl groups excluding tert-OH is 1. The first-order valence-electron chi connectivity index (χ1n) is 5.22. The third-order valence-corrected chi connectivity index (χ3v) is 2.53. The Kier molecular flexibility index (Phi) is 3.01. The molecule has 5 heteroatoms. The monoisotopic (exact) mass is 208 g/mol. The van der Waals surface area contributed by atoms with Crippen molar-refractivity contribution >= 4 is 11.6 Å². The molecule has 1 heterocycles. The van der Waals surface area contributed by atoms with E-state index in [4.69, 9.17) is 5.11 Å². The van der Waals surface area contributed by atoms with Crippen LogP contribution in [0.4, 0.5) is 11.6 Å². The molecule has 1 aliphatic rings. The molecular weight excluding hydrogens is 192 g/mol. The molecule has 0 aliphatic heterocycles. The molecule has 1 aliphatic carbocycles. The molecule has 0 saturated heterocycles. The summed E-state index contributed by atoms with van der Waals surface area (Å²) in [5.74, 6) is 1.70. The fraction of sp³-hybridized carbons (Fsp3) is 0.600. The maximum atomic E-state index is 9.00. The molecule has 0 aromatic carbocycles. The summed E-state index contributed by atoms with van der Waals surface area (Å²) < 4.78 is 0. The van der Waals surface area contributed by atoms with Gasteiger partial charge in [-0.2, -0.15) is 0 Å². The van der Waals surface area contributed by atoms with Gasteiger partial charge in [-0.15, -0.1) is 0 Å². The standard InChI is InChI=1S/C10H16N4O/c1-11-9-6-10(13-7-12-9)14(4-5-15)8-2-3-8/h6-8,15H,2-5H2,1H3,(H,11,12,13). The molecule has 2 N–H and O–H groups in total. The van der Waals surface area contributed by atoms with Crippen LogP contribution in [0.5, 0.6) is 0 Å². The van der Waals surface area contributed by atoms with Gasteiger partial charge in [-0.3, -0.25) is 0 Å². The van der Waals surface area contributed by atoms with Gasteiger partial charge in [0.25, 0.3) is 0 Å². The highest BCUT2D eigenvalue weighted by Crippen LogP contribution is 2.30. The smallest absolute Gasteiger partial charge is 0.134 e. The summed E-state index contributed by atoms with van der Waals surface area (Å²) in [5, 5.41) is 12.0. The van der Waals surface area contributed by atoms with E-state index >= 15 is 0 Å².